The molecule has 1 fully saturated rings. The number of nitriles is 1. The van der Waals surface area contributed by atoms with Gasteiger partial charge < -0.3 is 30.0 Å². The highest BCUT2D eigenvalue weighted by Crippen LogP contribution is 2.42. The molecule has 13 nitrogen and oxygen atoms in total. The third kappa shape index (κ3) is 10.3. The van der Waals surface area contributed by atoms with Gasteiger partial charge in [-0.1, -0.05) is 90.6 Å². The molecule has 1 aromatic heterocycles. The molecule has 6 aromatic rings. The highest BCUT2D eigenvalue weighted by atomic mass is 35.5. The van der Waals surface area contributed by atoms with Crippen LogP contribution in [0.5, 0.6) is 17.2 Å². The molecule has 1 aliphatic carbocycles. The van der Waals surface area contributed by atoms with Crippen molar-refractivity contribution in [3.8, 4) is 34.4 Å². The van der Waals surface area contributed by atoms with Gasteiger partial charge in [-0.3, -0.25) is 4.79 Å². The fraction of sp³-hybridized carbons (Fsp3) is 0.269. The van der Waals surface area contributed by atoms with Gasteiger partial charge in [-0.15, -0.1) is 0 Å². The van der Waals surface area contributed by atoms with Gasteiger partial charge in [-0.25, -0.2) is 18.2 Å². The molecule has 16 heteroatoms. The van der Waals surface area contributed by atoms with Crippen LogP contribution in [0.15, 0.2) is 120 Å². The van der Waals surface area contributed by atoms with Gasteiger partial charge >= 0.3 is 5.97 Å². The zero-order chi connectivity index (χ0) is 47.5. The van der Waals surface area contributed by atoms with Crippen LogP contribution < -0.4 is 24.8 Å². The maximum atomic E-state index is 14.9. The van der Waals surface area contributed by atoms with E-state index >= 15 is 0 Å². The van der Waals surface area contributed by atoms with Crippen molar-refractivity contribution >= 4 is 50.9 Å². The normalized spacial score (nSPS) is 17.4. The summed E-state index contributed by atoms with van der Waals surface area (Å²) in [5.41, 5.74) is 6.17. The fourth-order valence-electron chi connectivity index (χ4n) is 8.92. The molecular formula is C52H47Cl2N5O8S. The Bertz CT molecular complexity index is 3010. The molecule has 5 aromatic carbocycles. The van der Waals surface area contributed by atoms with E-state index in [9.17, 15) is 23.1 Å². The highest BCUT2D eigenvalue weighted by Gasteiger charge is 2.42. The molecule has 0 bridgehead atoms. The minimum atomic E-state index is -4.41. The number of anilines is 1. The van der Waals surface area contributed by atoms with E-state index in [1.807, 2.05) is 54.6 Å². The van der Waals surface area contributed by atoms with Crippen LogP contribution in [0.4, 0.5) is 5.82 Å². The number of carbonyl (C=O) groups is 2. The van der Waals surface area contributed by atoms with Gasteiger partial charge in [0, 0.05) is 19.0 Å². The van der Waals surface area contributed by atoms with Crippen molar-refractivity contribution in [3.05, 3.63) is 164 Å². The van der Waals surface area contributed by atoms with Crippen LogP contribution in [0.1, 0.15) is 70.9 Å². The van der Waals surface area contributed by atoms with Crippen LogP contribution >= 0.6 is 23.2 Å². The number of fused-ring (bicyclic) bond motifs is 2. The quantitative estimate of drug-likeness (QED) is 0.0946. The lowest BCUT2D eigenvalue weighted by Gasteiger charge is -2.37. The van der Waals surface area contributed by atoms with Crippen molar-refractivity contribution in [1.29, 1.82) is 5.26 Å². The van der Waals surface area contributed by atoms with E-state index in [1.165, 1.54) is 6.07 Å². The summed E-state index contributed by atoms with van der Waals surface area (Å²) in [7, 11) is -4.41. The summed E-state index contributed by atoms with van der Waals surface area (Å²) in [5, 5.41) is 26.6. The van der Waals surface area contributed by atoms with Crippen LogP contribution in [-0.4, -0.2) is 59.4 Å². The molecule has 348 valence electrons. The van der Waals surface area contributed by atoms with Gasteiger partial charge in [0.2, 0.25) is 15.9 Å². The Morgan fingerprint density at radius 3 is 2.25 bits per heavy atom. The highest BCUT2D eigenvalue weighted by molar-refractivity contribution is 7.89. The maximum Gasteiger partial charge on any atom is 0.326 e. The number of carboxylic acid groups (broad SMARTS) is 1. The molecule has 0 spiro atoms. The third-order valence-electron chi connectivity index (χ3n) is 12.6. The Morgan fingerprint density at radius 2 is 1.57 bits per heavy atom. The van der Waals surface area contributed by atoms with Gasteiger partial charge in [-0.05, 0) is 126 Å². The number of sulfonamides is 1. The zero-order valence-electron chi connectivity index (χ0n) is 37.0. The van der Waals surface area contributed by atoms with Crippen molar-refractivity contribution < 1.29 is 37.3 Å². The Kier molecular flexibility index (Phi) is 13.6. The number of amides is 1. The second kappa shape index (κ2) is 19.9. The summed E-state index contributed by atoms with van der Waals surface area (Å²) in [4.78, 5) is 31.8. The number of nitrogens with zero attached hydrogens (tertiary/aromatic N) is 3. The number of hydrogen-bond acceptors (Lipinski definition) is 10. The lowest BCUT2D eigenvalue weighted by atomic mass is 9.93. The molecule has 0 radical (unpaired) electrons. The topological polar surface area (TPSA) is 180 Å². The molecule has 2 aliphatic heterocycles. The largest absolute Gasteiger partial charge is 0.489 e. The number of nitrogens with one attached hydrogen (secondary N) is 2. The van der Waals surface area contributed by atoms with Crippen LogP contribution in [0.3, 0.4) is 0 Å². The number of aryl methyl sites for hydroxylation is 1. The summed E-state index contributed by atoms with van der Waals surface area (Å²) in [6.45, 7) is 1.90. The first-order valence-corrected chi connectivity index (χ1v) is 24.5. The van der Waals surface area contributed by atoms with Gasteiger partial charge in [0.15, 0.2) is 17.6 Å². The second-order valence-corrected chi connectivity index (χ2v) is 19.9. The molecule has 1 saturated carbocycles. The average molecular weight is 973 g/mol. The number of aromatic nitrogens is 1. The number of carbonyl (C=O) groups excluding carboxylic acids is 1. The number of halogens is 2. The SMILES string of the molecule is Cc1nc(NC2CCCC2)ccc1S(=O)(=O)N1Cc2cc3c(cc2C[C@H]1C(=O)N[C@@H](Cc1ccc(-c2ccc(C#N)cc2)cc1)C(=O)O)OCC(c1ccc(OCc2ccc(Cl)c(Cl)c2)cc1)O3. The molecule has 9 rings (SSSR count). The summed E-state index contributed by atoms with van der Waals surface area (Å²) < 4.78 is 49.6. The molecule has 1 unspecified atom stereocenters. The number of pyridine rings is 1. The first kappa shape index (κ1) is 46.5. The lowest BCUT2D eigenvalue weighted by molar-refractivity contribution is -0.142. The van der Waals surface area contributed by atoms with Crippen LogP contribution in [0.25, 0.3) is 11.1 Å². The number of hydrogen-bond donors (Lipinski definition) is 3. The predicted molar refractivity (Wildman–Crippen MR) is 257 cm³/mol. The smallest absolute Gasteiger partial charge is 0.326 e. The first-order valence-electron chi connectivity index (χ1n) is 22.3. The second-order valence-electron chi connectivity index (χ2n) is 17.3. The lowest BCUT2D eigenvalue weighted by Crippen LogP contribution is -2.55. The minimum absolute atomic E-state index is 0.0579. The Balaban J connectivity index is 0.954. The van der Waals surface area contributed by atoms with E-state index in [1.54, 1.807) is 61.5 Å². The molecular weight excluding hydrogens is 926 g/mol. The van der Waals surface area contributed by atoms with Crippen LogP contribution in [0, 0.1) is 18.3 Å². The first-order chi connectivity index (χ1) is 32.8. The molecule has 3 heterocycles. The van der Waals surface area contributed by atoms with Crippen LogP contribution in [0.2, 0.25) is 10.0 Å². The van der Waals surface area contributed by atoms with E-state index in [-0.39, 0.29) is 42.6 Å². The molecule has 3 aliphatic rings. The summed E-state index contributed by atoms with van der Waals surface area (Å²) in [6, 6.07) is 33.5. The number of carboxylic acids is 1. The van der Waals surface area contributed by atoms with Crippen molar-refractivity contribution in [1.82, 2.24) is 14.6 Å². The Labute approximate surface area is 404 Å². The predicted octanol–water partition coefficient (Wildman–Crippen LogP) is 9.61. The summed E-state index contributed by atoms with van der Waals surface area (Å²) in [5.74, 6) is 0.0347. The van der Waals surface area contributed by atoms with Gasteiger partial charge in [0.25, 0.3) is 0 Å². The van der Waals surface area contributed by atoms with Crippen LogP contribution in [-0.2, 0) is 45.6 Å². The van der Waals surface area contributed by atoms with Crippen molar-refractivity contribution in [2.45, 2.75) is 87.7 Å². The minimum Gasteiger partial charge on any atom is -0.489 e. The standard InChI is InChI=1S/C52H47Cl2N5O8S/c1-31-49(20-21-50(56-31)57-40-4-2-3-5-40)68(63,64)59-28-39-26-47-46(66-30-48(67-47)37-15-17-41(18-16-37)65-29-34-10-19-42(53)43(54)22-34)25-38(39)24-45(59)51(60)58-44(52(61)62)23-32-6-11-35(12-7-32)36-13-8-33(27-55)9-14-36/h6-22,25-26,40,44-45,48H,2-5,23-24,28-30H2,1H3,(H,56,57)(H,58,60)(H,61,62)/t44-,45-,48?/m0/s1. The molecule has 0 saturated heterocycles. The number of benzene rings is 5. The van der Waals surface area contributed by atoms with Gasteiger partial charge in [0.05, 0.1) is 27.4 Å². The molecule has 3 atom stereocenters. The van der Waals surface area contributed by atoms with E-state index < -0.39 is 40.1 Å². The fourth-order valence-corrected chi connectivity index (χ4v) is 11.0. The van der Waals surface area contributed by atoms with Gasteiger partial charge in [0.1, 0.15) is 41.8 Å². The van der Waals surface area contributed by atoms with E-state index in [0.29, 0.717) is 62.0 Å². The number of ether oxygens (including phenoxy) is 3. The van der Waals surface area contributed by atoms with Crippen molar-refractivity contribution in [3.63, 3.8) is 0 Å². The van der Waals surface area contributed by atoms with E-state index in [2.05, 4.69) is 21.7 Å². The van der Waals surface area contributed by atoms with Gasteiger partial charge in [-0.2, -0.15) is 9.57 Å². The number of aliphatic carboxylic acids is 1. The Hall–Kier alpha value is -6.63. The third-order valence-corrected chi connectivity index (χ3v) is 15.4. The van der Waals surface area contributed by atoms with Crippen molar-refractivity contribution in [2.75, 3.05) is 11.9 Å². The zero-order valence-corrected chi connectivity index (χ0v) is 39.3. The van der Waals surface area contributed by atoms with E-state index in [4.69, 9.17) is 42.7 Å². The molecule has 1 amide bonds. The molecule has 68 heavy (non-hydrogen) atoms. The Morgan fingerprint density at radius 1 is 0.882 bits per heavy atom. The molecule has 3 N–H and O–H groups in total. The summed E-state index contributed by atoms with van der Waals surface area (Å²) in [6.07, 6.45) is 3.64. The number of rotatable bonds is 14. The maximum absolute atomic E-state index is 14.9. The van der Waals surface area contributed by atoms with Crippen molar-refractivity contribution in [2.24, 2.45) is 0 Å². The average Bonchev–Trinajstić information content (AvgIpc) is 3.86. The summed E-state index contributed by atoms with van der Waals surface area (Å²) >= 11 is 12.2. The monoisotopic (exact) mass is 971 g/mol. The van der Waals surface area contributed by atoms with E-state index in [0.717, 1.165) is 52.2 Å².